The molecule has 0 spiro atoms. The number of aliphatic carboxylic acids is 1. The van der Waals surface area contributed by atoms with E-state index in [2.05, 4.69) is 10.3 Å². The fraction of sp³-hybridized carbons (Fsp3) is 0.467. The Bertz CT molecular complexity index is 692. The lowest BCUT2D eigenvalue weighted by molar-refractivity contribution is -0.149. The monoisotopic (exact) mass is 355 g/mol. The number of carboxylic acid groups (broad SMARTS) is 1. The molecule has 0 aliphatic carbocycles. The molecule has 2 atom stereocenters. The first-order valence-electron chi connectivity index (χ1n) is 7.57. The zero-order valence-corrected chi connectivity index (χ0v) is 14.1. The molecule has 3 N–H and O–H groups in total. The van der Waals surface area contributed by atoms with Gasteiger partial charge in [-0.1, -0.05) is 30.3 Å². The number of hydrogen-bond donors (Lipinski definition) is 3. The second-order valence-electron chi connectivity index (χ2n) is 5.79. The highest BCUT2D eigenvalue weighted by molar-refractivity contribution is 7.88. The zero-order chi connectivity index (χ0) is 17.7. The summed E-state index contributed by atoms with van der Waals surface area (Å²) < 4.78 is 22.6. The molecule has 1 amide bonds. The molecule has 0 bridgehead atoms. The van der Waals surface area contributed by atoms with Crippen molar-refractivity contribution in [3.63, 3.8) is 0 Å². The van der Waals surface area contributed by atoms with Gasteiger partial charge in [0.05, 0.1) is 6.26 Å². The highest BCUT2D eigenvalue weighted by Gasteiger charge is 2.37. The predicted octanol–water partition coefficient (Wildman–Crippen LogP) is -0.273. The van der Waals surface area contributed by atoms with Crippen molar-refractivity contribution in [3.8, 4) is 0 Å². The molecule has 132 valence electrons. The van der Waals surface area contributed by atoms with Crippen LogP contribution in [0, 0.1) is 0 Å². The molecule has 0 saturated carbocycles. The molecule has 0 unspecified atom stereocenters. The van der Waals surface area contributed by atoms with Crippen LogP contribution < -0.4 is 10.3 Å². The standard InChI is InChI=1S/C15H21N3O5S/c1-24(22,23)17-16-12(10-11-6-3-2-4-7-11)14(19)18-9-5-8-13(18)15(20)21/h2-4,6-7,12-13,16-17H,5,8-10H2,1H3,(H,20,21)/t12-,13+/m1/s1. The molecular weight excluding hydrogens is 334 g/mol. The summed E-state index contributed by atoms with van der Waals surface area (Å²) in [4.78, 5) is 27.5. The molecule has 0 radical (unpaired) electrons. The Morgan fingerprint density at radius 1 is 1.33 bits per heavy atom. The first-order valence-corrected chi connectivity index (χ1v) is 9.46. The van der Waals surface area contributed by atoms with E-state index in [0.717, 1.165) is 11.8 Å². The number of amides is 1. The van der Waals surface area contributed by atoms with E-state index < -0.39 is 34.0 Å². The van der Waals surface area contributed by atoms with Crippen molar-refractivity contribution in [3.05, 3.63) is 35.9 Å². The Morgan fingerprint density at radius 3 is 2.58 bits per heavy atom. The van der Waals surface area contributed by atoms with E-state index in [4.69, 9.17) is 0 Å². The SMILES string of the molecule is CS(=O)(=O)NN[C@H](Cc1ccccc1)C(=O)N1CCC[C@H]1C(=O)O. The van der Waals surface area contributed by atoms with Crippen molar-refractivity contribution in [1.29, 1.82) is 0 Å². The van der Waals surface area contributed by atoms with Crippen LogP contribution >= 0.6 is 0 Å². The number of hydrazine groups is 1. The van der Waals surface area contributed by atoms with Crippen molar-refractivity contribution in [1.82, 2.24) is 15.2 Å². The number of rotatable bonds is 7. The normalized spacial score (nSPS) is 19.2. The third kappa shape index (κ3) is 5.02. The number of carbonyl (C=O) groups is 2. The van der Waals surface area contributed by atoms with Gasteiger partial charge in [-0.3, -0.25) is 4.79 Å². The second-order valence-corrected chi connectivity index (χ2v) is 7.54. The van der Waals surface area contributed by atoms with Crippen molar-refractivity contribution in [2.45, 2.75) is 31.3 Å². The second kappa shape index (κ2) is 7.73. The maximum atomic E-state index is 12.7. The van der Waals surface area contributed by atoms with Crippen molar-refractivity contribution >= 4 is 21.9 Å². The minimum atomic E-state index is -3.55. The van der Waals surface area contributed by atoms with Gasteiger partial charge in [0.1, 0.15) is 12.1 Å². The van der Waals surface area contributed by atoms with Gasteiger partial charge in [0.25, 0.3) is 0 Å². The number of likely N-dealkylation sites (tertiary alicyclic amines) is 1. The molecule has 2 rings (SSSR count). The first-order chi connectivity index (χ1) is 11.3. The number of benzene rings is 1. The molecule has 24 heavy (non-hydrogen) atoms. The molecule has 1 fully saturated rings. The van der Waals surface area contributed by atoms with E-state index in [1.54, 1.807) is 0 Å². The van der Waals surface area contributed by atoms with Gasteiger partial charge in [-0.25, -0.2) is 18.6 Å². The van der Waals surface area contributed by atoms with Gasteiger partial charge in [-0.05, 0) is 24.8 Å². The number of nitrogens with zero attached hydrogens (tertiary/aromatic N) is 1. The van der Waals surface area contributed by atoms with E-state index in [0.29, 0.717) is 19.4 Å². The Morgan fingerprint density at radius 2 is 2.00 bits per heavy atom. The van der Waals surface area contributed by atoms with Crippen molar-refractivity contribution < 1.29 is 23.1 Å². The van der Waals surface area contributed by atoms with Gasteiger partial charge < -0.3 is 10.0 Å². The maximum Gasteiger partial charge on any atom is 0.326 e. The molecule has 1 aliphatic heterocycles. The number of carboxylic acids is 1. The molecule has 9 heteroatoms. The third-order valence-electron chi connectivity index (χ3n) is 3.82. The van der Waals surface area contributed by atoms with Crippen LogP contribution in [0.1, 0.15) is 18.4 Å². The van der Waals surface area contributed by atoms with Gasteiger partial charge in [-0.2, -0.15) is 4.83 Å². The van der Waals surface area contributed by atoms with E-state index in [1.807, 2.05) is 30.3 Å². The zero-order valence-electron chi connectivity index (χ0n) is 13.3. The molecule has 8 nitrogen and oxygen atoms in total. The van der Waals surface area contributed by atoms with Gasteiger partial charge >= 0.3 is 5.97 Å². The van der Waals surface area contributed by atoms with Gasteiger partial charge in [0.15, 0.2) is 0 Å². The van der Waals surface area contributed by atoms with Crippen LogP contribution in [0.4, 0.5) is 0 Å². The number of carbonyl (C=O) groups excluding carboxylic acids is 1. The summed E-state index contributed by atoms with van der Waals surface area (Å²) in [7, 11) is -3.55. The molecule has 1 aromatic carbocycles. The predicted molar refractivity (Wildman–Crippen MR) is 87.4 cm³/mol. The average Bonchev–Trinajstić information content (AvgIpc) is 3.00. The first kappa shape index (κ1) is 18.4. The average molecular weight is 355 g/mol. The lowest BCUT2D eigenvalue weighted by atomic mass is 10.0. The maximum absolute atomic E-state index is 12.7. The summed E-state index contributed by atoms with van der Waals surface area (Å²) in [6.07, 6.45) is 2.23. The van der Waals surface area contributed by atoms with Crippen LogP contribution in [0.25, 0.3) is 0 Å². The highest BCUT2D eigenvalue weighted by atomic mass is 32.2. The van der Waals surface area contributed by atoms with Crippen LogP contribution in [0.2, 0.25) is 0 Å². The fourth-order valence-corrected chi connectivity index (χ4v) is 3.07. The molecule has 0 aromatic heterocycles. The molecule has 1 saturated heterocycles. The van der Waals surface area contributed by atoms with Crippen molar-refractivity contribution in [2.75, 3.05) is 12.8 Å². The number of nitrogens with one attached hydrogen (secondary N) is 2. The molecule has 1 aromatic rings. The number of sulfonamides is 1. The lowest BCUT2D eigenvalue weighted by Gasteiger charge is -2.27. The smallest absolute Gasteiger partial charge is 0.326 e. The third-order valence-corrected chi connectivity index (χ3v) is 4.31. The van der Waals surface area contributed by atoms with E-state index in [-0.39, 0.29) is 6.42 Å². The minimum Gasteiger partial charge on any atom is -0.480 e. The van der Waals surface area contributed by atoms with Crippen LogP contribution in [0.5, 0.6) is 0 Å². The van der Waals surface area contributed by atoms with Crippen LogP contribution in [-0.2, 0) is 26.0 Å². The summed E-state index contributed by atoms with van der Waals surface area (Å²) in [6.45, 7) is 0.349. The Balaban J connectivity index is 2.17. The summed E-state index contributed by atoms with van der Waals surface area (Å²) in [6, 6.07) is 7.36. The Hall–Kier alpha value is -1.97. The molecule has 1 aliphatic rings. The van der Waals surface area contributed by atoms with E-state index >= 15 is 0 Å². The van der Waals surface area contributed by atoms with Crippen LogP contribution in [0.15, 0.2) is 30.3 Å². The Kier molecular flexibility index (Phi) is 5.92. The van der Waals surface area contributed by atoms with E-state index in [9.17, 15) is 23.1 Å². The summed E-state index contributed by atoms with van der Waals surface area (Å²) in [5.41, 5.74) is 3.36. The fourth-order valence-electron chi connectivity index (χ4n) is 2.72. The van der Waals surface area contributed by atoms with Crippen LogP contribution in [-0.4, -0.2) is 55.2 Å². The van der Waals surface area contributed by atoms with Crippen molar-refractivity contribution in [2.24, 2.45) is 0 Å². The largest absolute Gasteiger partial charge is 0.480 e. The van der Waals surface area contributed by atoms with Crippen LogP contribution in [0.3, 0.4) is 0 Å². The summed E-state index contributed by atoms with van der Waals surface area (Å²) >= 11 is 0. The number of hydrogen-bond acceptors (Lipinski definition) is 5. The topological polar surface area (TPSA) is 116 Å². The molecule has 1 heterocycles. The Labute approximate surface area is 140 Å². The quantitative estimate of drug-likeness (QED) is 0.580. The summed E-state index contributed by atoms with van der Waals surface area (Å²) in [5.74, 6) is -1.48. The van der Waals surface area contributed by atoms with E-state index in [1.165, 1.54) is 4.90 Å². The summed E-state index contributed by atoms with van der Waals surface area (Å²) in [5, 5.41) is 9.24. The lowest BCUT2D eigenvalue weighted by Crippen LogP contribution is -2.55. The molecular formula is C15H21N3O5S. The van der Waals surface area contributed by atoms with Gasteiger partial charge in [0.2, 0.25) is 15.9 Å². The van der Waals surface area contributed by atoms with Gasteiger partial charge in [0, 0.05) is 6.54 Å². The van der Waals surface area contributed by atoms with Gasteiger partial charge in [-0.15, -0.1) is 0 Å². The highest BCUT2D eigenvalue weighted by Crippen LogP contribution is 2.19. The minimum absolute atomic E-state index is 0.241.